The molecule has 2 atom stereocenters. The molecule has 4 heterocycles. The molecule has 1 aliphatic carbocycles. The SMILES string of the molecule is O=C(NCC1=CCCC(Cl)=C1F)c1c2n3c(c(O)c1=O)C(=O)N1CCOC1C3CC2. The van der Waals surface area contributed by atoms with Gasteiger partial charge in [0.1, 0.15) is 11.4 Å². The number of amides is 2. The molecule has 8 nitrogen and oxygen atoms in total. The zero-order chi connectivity index (χ0) is 21.2. The van der Waals surface area contributed by atoms with Crippen LogP contribution in [0, 0.1) is 0 Å². The maximum Gasteiger partial charge on any atom is 0.276 e. The van der Waals surface area contributed by atoms with Crippen molar-refractivity contribution in [2.24, 2.45) is 0 Å². The third kappa shape index (κ3) is 2.65. The monoisotopic (exact) mass is 435 g/mol. The van der Waals surface area contributed by atoms with Crippen molar-refractivity contribution in [3.05, 3.63) is 49.7 Å². The van der Waals surface area contributed by atoms with E-state index >= 15 is 0 Å². The Morgan fingerprint density at radius 2 is 2.17 bits per heavy atom. The highest BCUT2D eigenvalue weighted by Crippen LogP contribution is 2.42. The Morgan fingerprint density at radius 1 is 1.37 bits per heavy atom. The summed E-state index contributed by atoms with van der Waals surface area (Å²) >= 11 is 5.85. The van der Waals surface area contributed by atoms with Crippen LogP contribution in [0.2, 0.25) is 0 Å². The van der Waals surface area contributed by atoms with E-state index in [1.54, 1.807) is 10.6 Å². The second-order valence-electron chi connectivity index (χ2n) is 7.75. The molecule has 0 radical (unpaired) electrons. The number of rotatable bonds is 3. The van der Waals surface area contributed by atoms with Gasteiger partial charge in [0.25, 0.3) is 11.8 Å². The minimum atomic E-state index is -0.895. The summed E-state index contributed by atoms with van der Waals surface area (Å²) in [5.41, 5.74) is -0.559. The predicted octanol–water partition coefficient (Wildman–Crippen LogP) is 1.72. The Balaban J connectivity index is 1.52. The number of nitrogens with one attached hydrogen (secondary N) is 1. The van der Waals surface area contributed by atoms with Gasteiger partial charge in [-0.25, -0.2) is 4.39 Å². The number of hydrogen-bond acceptors (Lipinski definition) is 5. The number of carbonyl (C=O) groups is 2. The molecule has 5 rings (SSSR count). The van der Waals surface area contributed by atoms with Gasteiger partial charge in [0.2, 0.25) is 5.43 Å². The molecule has 4 aliphatic rings. The number of allylic oxidation sites excluding steroid dienone is 2. The van der Waals surface area contributed by atoms with Crippen LogP contribution in [-0.2, 0) is 11.2 Å². The number of aromatic hydroxyl groups is 1. The molecule has 0 spiro atoms. The Bertz CT molecular complexity index is 1110. The van der Waals surface area contributed by atoms with Crippen LogP contribution < -0.4 is 10.7 Å². The summed E-state index contributed by atoms with van der Waals surface area (Å²) < 4.78 is 21.4. The van der Waals surface area contributed by atoms with E-state index in [2.05, 4.69) is 5.32 Å². The van der Waals surface area contributed by atoms with Crippen molar-refractivity contribution >= 4 is 23.4 Å². The molecule has 0 bridgehead atoms. The maximum absolute atomic E-state index is 14.1. The zero-order valence-electron chi connectivity index (χ0n) is 15.9. The first kappa shape index (κ1) is 19.3. The zero-order valence-corrected chi connectivity index (χ0v) is 16.7. The van der Waals surface area contributed by atoms with Crippen molar-refractivity contribution in [2.75, 3.05) is 19.7 Å². The second-order valence-corrected chi connectivity index (χ2v) is 8.21. The average Bonchev–Trinajstić information content (AvgIpc) is 3.37. The van der Waals surface area contributed by atoms with Crippen LogP contribution in [0.1, 0.15) is 51.8 Å². The number of halogens is 2. The summed E-state index contributed by atoms with van der Waals surface area (Å²) in [6, 6.07) is -0.270. The lowest BCUT2D eigenvalue weighted by molar-refractivity contribution is -0.0124. The third-order valence-electron chi connectivity index (χ3n) is 6.16. The number of carbonyl (C=O) groups excluding carboxylic acids is 2. The van der Waals surface area contributed by atoms with Gasteiger partial charge in [0.15, 0.2) is 17.7 Å². The molecular weight excluding hydrogens is 417 g/mol. The molecule has 0 aromatic carbocycles. The number of pyridine rings is 1. The number of nitrogens with zero attached hydrogens (tertiary/aromatic N) is 2. The summed E-state index contributed by atoms with van der Waals surface area (Å²) in [7, 11) is 0. The van der Waals surface area contributed by atoms with E-state index in [1.165, 1.54) is 4.90 Å². The molecule has 2 amide bonds. The van der Waals surface area contributed by atoms with Gasteiger partial charge < -0.3 is 24.6 Å². The quantitative estimate of drug-likeness (QED) is 0.753. The van der Waals surface area contributed by atoms with Gasteiger partial charge in [-0.15, -0.1) is 0 Å². The van der Waals surface area contributed by atoms with Crippen molar-refractivity contribution in [3.63, 3.8) is 0 Å². The summed E-state index contributed by atoms with van der Waals surface area (Å²) in [6.45, 7) is 0.637. The standard InChI is InChI=1S/C20H19ClFN3O5/c21-10-3-1-2-9(14(10)22)8-23-18(28)13-11-4-5-12-20-24(6-7-30-20)19(29)15(25(11)12)17(27)16(13)26/h2,12,20,27H,1,3-8H2,(H,23,28). The molecule has 1 aromatic heterocycles. The van der Waals surface area contributed by atoms with Crippen LogP contribution in [0.5, 0.6) is 5.75 Å². The van der Waals surface area contributed by atoms with E-state index < -0.39 is 35.0 Å². The largest absolute Gasteiger partial charge is 0.503 e. The fourth-order valence-electron chi connectivity index (χ4n) is 4.78. The van der Waals surface area contributed by atoms with Gasteiger partial charge in [-0.3, -0.25) is 14.4 Å². The molecule has 2 unspecified atom stereocenters. The Hall–Kier alpha value is -2.65. The highest BCUT2D eigenvalue weighted by molar-refractivity contribution is 6.30. The maximum atomic E-state index is 14.1. The van der Waals surface area contributed by atoms with E-state index in [4.69, 9.17) is 16.3 Å². The first-order chi connectivity index (χ1) is 14.4. The van der Waals surface area contributed by atoms with Crippen molar-refractivity contribution in [1.29, 1.82) is 0 Å². The first-order valence-corrected chi connectivity index (χ1v) is 10.2. The fraction of sp³-hybridized carbons (Fsp3) is 0.450. The van der Waals surface area contributed by atoms with Gasteiger partial charge in [-0.2, -0.15) is 0 Å². The molecule has 158 valence electrons. The highest BCUT2D eigenvalue weighted by atomic mass is 35.5. The minimum absolute atomic E-state index is 0.0912. The molecular formula is C20H19ClFN3O5. The number of ether oxygens (including phenoxy) is 1. The number of hydrogen-bond donors (Lipinski definition) is 2. The predicted molar refractivity (Wildman–Crippen MR) is 104 cm³/mol. The van der Waals surface area contributed by atoms with Crippen LogP contribution in [0.15, 0.2) is 27.3 Å². The van der Waals surface area contributed by atoms with Crippen LogP contribution in [-0.4, -0.2) is 52.3 Å². The Kier molecular flexibility index (Phi) is 4.48. The summed E-state index contributed by atoms with van der Waals surface area (Å²) in [5, 5.41) is 13.2. The van der Waals surface area contributed by atoms with E-state index in [1.807, 2.05) is 0 Å². The molecule has 3 aliphatic heterocycles. The lowest BCUT2D eigenvalue weighted by atomic mass is 10.0. The van der Waals surface area contributed by atoms with E-state index in [0.29, 0.717) is 44.5 Å². The second kappa shape index (κ2) is 6.95. The van der Waals surface area contributed by atoms with E-state index in [-0.39, 0.29) is 34.4 Å². The lowest BCUT2D eigenvalue weighted by Gasteiger charge is -2.36. The van der Waals surface area contributed by atoms with Gasteiger partial charge in [0.05, 0.1) is 17.7 Å². The van der Waals surface area contributed by atoms with Crippen molar-refractivity contribution in [1.82, 2.24) is 14.8 Å². The third-order valence-corrected chi connectivity index (χ3v) is 6.51. The molecule has 1 saturated heterocycles. The highest BCUT2D eigenvalue weighted by Gasteiger charge is 2.49. The van der Waals surface area contributed by atoms with Crippen molar-refractivity contribution in [2.45, 2.75) is 38.0 Å². The molecule has 1 aromatic rings. The first-order valence-electron chi connectivity index (χ1n) is 9.84. The van der Waals surface area contributed by atoms with Crippen molar-refractivity contribution in [3.8, 4) is 5.75 Å². The summed E-state index contributed by atoms with van der Waals surface area (Å²) in [4.78, 5) is 40.1. The van der Waals surface area contributed by atoms with Gasteiger partial charge in [-0.1, -0.05) is 17.7 Å². The van der Waals surface area contributed by atoms with Crippen LogP contribution in [0.25, 0.3) is 0 Å². The minimum Gasteiger partial charge on any atom is -0.503 e. The average molecular weight is 436 g/mol. The normalized spacial score (nSPS) is 24.7. The Labute approximate surface area is 175 Å². The van der Waals surface area contributed by atoms with E-state index in [0.717, 1.165) is 0 Å². The van der Waals surface area contributed by atoms with Crippen LogP contribution >= 0.6 is 11.6 Å². The van der Waals surface area contributed by atoms with Crippen LogP contribution in [0.3, 0.4) is 0 Å². The van der Waals surface area contributed by atoms with Gasteiger partial charge >= 0.3 is 0 Å². The smallest absolute Gasteiger partial charge is 0.276 e. The summed E-state index contributed by atoms with van der Waals surface area (Å²) in [5.74, 6) is -2.51. The lowest BCUT2D eigenvalue weighted by Crippen LogP contribution is -2.48. The van der Waals surface area contributed by atoms with Gasteiger partial charge in [0, 0.05) is 24.4 Å². The van der Waals surface area contributed by atoms with Gasteiger partial charge in [-0.05, 0) is 25.7 Å². The number of aromatic nitrogens is 1. The molecule has 30 heavy (non-hydrogen) atoms. The molecule has 2 N–H and O–H groups in total. The van der Waals surface area contributed by atoms with E-state index in [9.17, 15) is 23.9 Å². The van der Waals surface area contributed by atoms with Crippen molar-refractivity contribution < 1.29 is 23.8 Å². The number of fused-ring (bicyclic) bond motifs is 2. The molecule has 0 saturated carbocycles. The Morgan fingerprint density at radius 3 is 2.97 bits per heavy atom. The molecule has 1 fully saturated rings. The topological polar surface area (TPSA) is 101 Å². The van der Waals surface area contributed by atoms with Crippen LogP contribution in [0.4, 0.5) is 4.39 Å². The summed E-state index contributed by atoms with van der Waals surface area (Å²) in [6.07, 6.45) is 3.11. The molecule has 10 heteroatoms. The fourth-order valence-corrected chi connectivity index (χ4v) is 5.01.